The second-order valence-electron chi connectivity index (χ2n) is 5.30. The van der Waals surface area contributed by atoms with Gasteiger partial charge in [-0.05, 0) is 51.4 Å². The SMILES string of the molecule is CC(C)(C)NCCNCCc1ccc(Cl)cc1. The normalized spacial score (nSPS) is 11.8. The lowest BCUT2D eigenvalue weighted by Gasteiger charge is -2.20. The maximum absolute atomic E-state index is 5.83. The molecule has 2 nitrogen and oxygen atoms in total. The van der Waals surface area contributed by atoms with Crippen molar-refractivity contribution in [1.29, 1.82) is 0 Å². The van der Waals surface area contributed by atoms with E-state index < -0.39 is 0 Å². The maximum atomic E-state index is 5.83. The van der Waals surface area contributed by atoms with E-state index in [-0.39, 0.29) is 5.54 Å². The highest BCUT2D eigenvalue weighted by molar-refractivity contribution is 6.30. The third-order valence-electron chi connectivity index (χ3n) is 2.46. The van der Waals surface area contributed by atoms with E-state index in [1.165, 1.54) is 5.56 Å². The Morgan fingerprint density at radius 3 is 2.24 bits per heavy atom. The highest BCUT2D eigenvalue weighted by atomic mass is 35.5. The number of nitrogens with one attached hydrogen (secondary N) is 2. The van der Waals surface area contributed by atoms with Gasteiger partial charge in [-0.2, -0.15) is 0 Å². The van der Waals surface area contributed by atoms with E-state index in [1.807, 2.05) is 12.1 Å². The zero-order valence-corrected chi connectivity index (χ0v) is 11.8. The summed E-state index contributed by atoms with van der Waals surface area (Å²) in [4.78, 5) is 0. The topological polar surface area (TPSA) is 24.1 Å². The fourth-order valence-corrected chi connectivity index (χ4v) is 1.66. The highest BCUT2D eigenvalue weighted by Crippen LogP contribution is 2.09. The minimum atomic E-state index is 0.206. The zero-order valence-electron chi connectivity index (χ0n) is 11.0. The van der Waals surface area contributed by atoms with Crippen molar-refractivity contribution < 1.29 is 0 Å². The van der Waals surface area contributed by atoms with Gasteiger partial charge >= 0.3 is 0 Å². The first-order valence-electron chi connectivity index (χ1n) is 6.17. The second kappa shape index (κ2) is 7.00. The highest BCUT2D eigenvalue weighted by Gasteiger charge is 2.06. The van der Waals surface area contributed by atoms with Crippen LogP contribution < -0.4 is 10.6 Å². The fraction of sp³-hybridized carbons (Fsp3) is 0.571. The van der Waals surface area contributed by atoms with E-state index in [9.17, 15) is 0 Å². The summed E-state index contributed by atoms with van der Waals surface area (Å²) in [7, 11) is 0. The number of hydrogen-bond acceptors (Lipinski definition) is 2. The summed E-state index contributed by atoms with van der Waals surface area (Å²) in [6.07, 6.45) is 1.05. The Hall–Kier alpha value is -0.570. The summed E-state index contributed by atoms with van der Waals surface area (Å²) in [5.74, 6) is 0. The van der Waals surface area contributed by atoms with Gasteiger partial charge in [-0.3, -0.25) is 0 Å². The van der Waals surface area contributed by atoms with Crippen LogP contribution in [0.25, 0.3) is 0 Å². The molecular weight excluding hydrogens is 232 g/mol. The van der Waals surface area contributed by atoms with Gasteiger partial charge in [0.1, 0.15) is 0 Å². The number of halogens is 1. The number of rotatable bonds is 6. The largest absolute Gasteiger partial charge is 0.315 e. The van der Waals surface area contributed by atoms with Crippen LogP contribution in [0, 0.1) is 0 Å². The molecule has 1 aromatic rings. The molecular formula is C14H23ClN2. The van der Waals surface area contributed by atoms with Crippen molar-refractivity contribution >= 4 is 11.6 Å². The second-order valence-corrected chi connectivity index (χ2v) is 5.74. The first-order chi connectivity index (χ1) is 7.97. The summed E-state index contributed by atoms with van der Waals surface area (Å²) in [6.45, 7) is 9.56. The van der Waals surface area contributed by atoms with Crippen LogP contribution in [0.2, 0.25) is 5.02 Å². The van der Waals surface area contributed by atoms with Crippen molar-refractivity contribution in [2.75, 3.05) is 19.6 Å². The Labute approximate surface area is 110 Å². The first-order valence-corrected chi connectivity index (χ1v) is 6.55. The predicted octanol–water partition coefficient (Wildman–Crippen LogP) is 2.86. The van der Waals surface area contributed by atoms with E-state index in [4.69, 9.17) is 11.6 Å². The third kappa shape index (κ3) is 7.37. The van der Waals surface area contributed by atoms with Gasteiger partial charge in [0.05, 0.1) is 0 Å². The van der Waals surface area contributed by atoms with Crippen LogP contribution in [0.1, 0.15) is 26.3 Å². The molecule has 1 rings (SSSR count). The molecule has 0 amide bonds. The van der Waals surface area contributed by atoms with Gasteiger partial charge in [0.2, 0.25) is 0 Å². The van der Waals surface area contributed by atoms with Crippen molar-refractivity contribution in [1.82, 2.24) is 10.6 Å². The Morgan fingerprint density at radius 1 is 1.00 bits per heavy atom. The molecule has 0 saturated carbocycles. The van der Waals surface area contributed by atoms with Gasteiger partial charge in [0.25, 0.3) is 0 Å². The molecule has 3 heteroatoms. The van der Waals surface area contributed by atoms with Crippen molar-refractivity contribution in [3.05, 3.63) is 34.9 Å². The van der Waals surface area contributed by atoms with Crippen LogP contribution in [-0.2, 0) is 6.42 Å². The van der Waals surface area contributed by atoms with Crippen LogP contribution in [0.3, 0.4) is 0 Å². The van der Waals surface area contributed by atoms with Gasteiger partial charge in [-0.25, -0.2) is 0 Å². The molecule has 0 atom stereocenters. The van der Waals surface area contributed by atoms with Crippen LogP contribution in [-0.4, -0.2) is 25.2 Å². The van der Waals surface area contributed by atoms with Gasteiger partial charge < -0.3 is 10.6 Å². The molecule has 0 saturated heterocycles. The maximum Gasteiger partial charge on any atom is 0.0406 e. The van der Waals surface area contributed by atoms with E-state index in [1.54, 1.807) is 0 Å². The summed E-state index contributed by atoms with van der Waals surface area (Å²) < 4.78 is 0. The molecule has 0 unspecified atom stereocenters. The van der Waals surface area contributed by atoms with E-state index in [2.05, 4.69) is 43.5 Å². The molecule has 0 aliphatic rings. The van der Waals surface area contributed by atoms with E-state index >= 15 is 0 Å². The summed E-state index contributed by atoms with van der Waals surface area (Å²) in [6, 6.07) is 8.05. The first kappa shape index (κ1) is 14.5. The van der Waals surface area contributed by atoms with Crippen molar-refractivity contribution in [3.8, 4) is 0 Å². The van der Waals surface area contributed by atoms with Gasteiger partial charge in [0, 0.05) is 23.7 Å². The summed E-state index contributed by atoms with van der Waals surface area (Å²) >= 11 is 5.83. The van der Waals surface area contributed by atoms with Gasteiger partial charge in [-0.15, -0.1) is 0 Å². The lowest BCUT2D eigenvalue weighted by molar-refractivity contribution is 0.422. The monoisotopic (exact) mass is 254 g/mol. The minimum absolute atomic E-state index is 0.206. The molecule has 1 aromatic carbocycles. The number of hydrogen-bond donors (Lipinski definition) is 2. The molecule has 0 heterocycles. The molecule has 0 spiro atoms. The fourth-order valence-electron chi connectivity index (χ4n) is 1.53. The standard InChI is InChI=1S/C14H23ClN2/c1-14(2,3)17-11-10-16-9-8-12-4-6-13(15)7-5-12/h4-7,16-17H,8-11H2,1-3H3. The Balaban J connectivity index is 2.07. The van der Waals surface area contributed by atoms with E-state index in [0.717, 1.165) is 31.1 Å². The molecule has 96 valence electrons. The average molecular weight is 255 g/mol. The number of benzene rings is 1. The molecule has 0 radical (unpaired) electrons. The van der Waals surface area contributed by atoms with Crippen LogP contribution in [0.15, 0.2) is 24.3 Å². The zero-order chi connectivity index (χ0) is 12.7. The quantitative estimate of drug-likeness (QED) is 0.763. The van der Waals surface area contributed by atoms with Gasteiger partial charge in [0.15, 0.2) is 0 Å². The smallest absolute Gasteiger partial charge is 0.0406 e. The lowest BCUT2D eigenvalue weighted by atomic mass is 10.1. The molecule has 0 aromatic heterocycles. The average Bonchev–Trinajstić information content (AvgIpc) is 2.24. The summed E-state index contributed by atoms with van der Waals surface area (Å²) in [5, 5.41) is 7.68. The van der Waals surface area contributed by atoms with E-state index in [0.29, 0.717) is 0 Å². The van der Waals surface area contributed by atoms with Crippen LogP contribution in [0.4, 0.5) is 0 Å². The summed E-state index contributed by atoms with van der Waals surface area (Å²) in [5.41, 5.74) is 1.53. The van der Waals surface area contributed by atoms with Crippen LogP contribution in [0.5, 0.6) is 0 Å². The lowest BCUT2D eigenvalue weighted by Crippen LogP contribution is -2.40. The predicted molar refractivity (Wildman–Crippen MR) is 75.8 cm³/mol. The van der Waals surface area contributed by atoms with Gasteiger partial charge in [-0.1, -0.05) is 23.7 Å². The minimum Gasteiger partial charge on any atom is -0.315 e. The molecule has 0 bridgehead atoms. The Morgan fingerprint density at radius 2 is 1.65 bits per heavy atom. The van der Waals surface area contributed by atoms with Crippen molar-refractivity contribution in [3.63, 3.8) is 0 Å². The Bertz CT molecular complexity index is 314. The molecule has 0 aliphatic heterocycles. The van der Waals surface area contributed by atoms with Crippen molar-refractivity contribution in [2.45, 2.75) is 32.7 Å². The molecule has 0 aliphatic carbocycles. The molecule has 17 heavy (non-hydrogen) atoms. The van der Waals surface area contributed by atoms with Crippen LogP contribution >= 0.6 is 11.6 Å². The Kier molecular flexibility index (Phi) is 5.96. The molecule has 0 fully saturated rings. The third-order valence-corrected chi connectivity index (χ3v) is 2.71. The molecule has 2 N–H and O–H groups in total. The van der Waals surface area contributed by atoms with Crippen molar-refractivity contribution in [2.24, 2.45) is 0 Å².